The number of primary amides is 1. The Morgan fingerprint density at radius 1 is 1.16 bits per heavy atom. The lowest BCUT2D eigenvalue weighted by atomic mass is 9.85. The van der Waals surface area contributed by atoms with Gasteiger partial charge in [0.25, 0.3) is 0 Å². The van der Waals surface area contributed by atoms with Crippen LogP contribution in [0, 0.1) is 6.92 Å². The molecule has 7 nitrogen and oxygen atoms in total. The van der Waals surface area contributed by atoms with Crippen molar-refractivity contribution in [3.05, 3.63) is 46.6 Å². The normalized spacial score (nSPS) is 19.0. The van der Waals surface area contributed by atoms with E-state index in [2.05, 4.69) is 15.3 Å². The lowest BCUT2D eigenvalue weighted by Gasteiger charge is -2.45. The highest BCUT2D eigenvalue weighted by molar-refractivity contribution is 6.30. The van der Waals surface area contributed by atoms with Crippen molar-refractivity contribution in [2.75, 3.05) is 24.3 Å². The van der Waals surface area contributed by atoms with E-state index in [9.17, 15) is 4.79 Å². The number of aromatic nitrogens is 2. The van der Waals surface area contributed by atoms with Crippen molar-refractivity contribution in [3.63, 3.8) is 0 Å². The van der Waals surface area contributed by atoms with Crippen LogP contribution < -0.4 is 16.0 Å². The molecule has 31 heavy (non-hydrogen) atoms. The third-order valence-electron chi connectivity index (χ3n) is 6.15. The number of anilines is 2. The van der Waals surface area contributed by atoms with Crippen molar-refractivity contribution < 1.29 is 4.79 Å². The Bertz CT molecular complexity index is 907. The van der Waals surface area contributed by atoms with Gasteiger partial charge in [-0.15, -0.1) is 0 Å². The molecule has 0 bridgehead atoms. The summed E-state index contributed by atoms with van der Waals surface area (Å²) in [4.78, 5) is 25.4. The van der Waals surface area contributed by atoms with Gasteiger partial charge in [-0.3, -0.25) is 0 Å². The van der Waals surface area contributed by atoms with Crippen molar-refractivity contribution in [2.45, 2.75) is 64.1 Å². The van der Waals surface area contributed by atoms with Gasteiger partial charge in [0.1, 0.15) is 5.82 Å². The Hall–Kier alpha value is -2.54. The van der Waals surface area contributed by atoms with Gasteiger partial charge in [0.2, 0.25) is 5.95 Å². The number of carbonyl (C=O) groups is 1. The van der Waals surface area contributed by atoms with E-state index >= 15 is 0 Å². The number of amides is 2. The second-order valence-corrected chi connectivity index (χ2v) is 9.46. The van der Waals surface area contributed by atoms with E-state index in [-0.39, 0.29) is 12.1 Å². The highest BCUT2D eigenvalue weighted by Gasteiger charge is 2.38. The number of halogens is 1. The van der Waals surface area contributed by atoms with Crippen LogP contribution in [0.3, 0.4) is 0 Å². The fourth-order valence-corrected chi connectivity index (χ4v) is 4.65. The molecule has 0 atom stereocenters. The number of nitrogens with zero attached hydrogens (tertiary/aromatic N) is 4. The van der Waals surface area contributed by atoms with Gasteiger partial charge >= 0.3 is 6.03 Å². The molecule has 0 radical (unpaired) electrons. The molecule has 3 N–H and O–H groups in total. The van der Waals surface area contributed by atoms with Crippen LogP contribution in [-0.2, 0) is 5.54 Å². The van der Waals surface area contributed by atoms with Gasteiger partial charge < -0.3 is 20.9 Å². The molecule has 1 fully saturated rings. The van der Waals surface area contributed by atoms with Gasteiger partial charge in [-0.2, -0.15) is 4.98 Å². The molecule has 1 aliphatic carbocycles. The Morgan fingerprint density at radius 3 is 2.32 bits per heavy atom. The number of carbonyl (C=O) groups excluding carboxylic acids is 1. The number of nitrogens with one attached hydrogen (secondary N) is 1. The Balaban J connectivity index is 1.69. The van der Waals surface area contributed by atoms with Crippen LogP contribution in [0.5, 0.6) is 0 Å². The molecule has 3 rings (SSSR count). The summed E-state index contributed by atoms with van der Waals surface area (Å²) in [5.74, 6) is 1.56. The van der Waals surface area contributed by atoms with Crippen molar-refractivity contribution >= 4 is 29.4 Å². The van der Waals surface area contributed by atoms with E-state index in [1.165, 1.54) is 0 Å². The first-order valence-corrected chi connectivity index (χ1v) is 11.1. The smallest absolute Gasteiger partial charge is 0.315 e. The van der Waals surface area contributed by atoms with Crippen molar-refractivity contribution in [1.29, 1.82) is 0 Å². The summed E-state index contributed by atoms with van der Waals surface area (Å²) < 4.78 is 0. The molecule has 168 valence electrons. The molecule has 2 aromatic rings. The first kappa shape index (κ1) is 23.1. The number of benzene rings is 1. The van der Waals surface area contributed by atoms with Crippen LogP contribution in [-0.4, -0.2) is 47.1 Å². The SMILES string of the molecule is Cc1cnc(NC2CCC(N(C(N)=O)C(C)(C)c3ccc(Cl)cc3)CC2)nc1N(C)C. The van der Waals surface area contributed by atoms with Crippen molar-refractivity contribution in [3.8, 4) is 0 Å². The molecule has 0 saturated heterocycles. The fraction of sp³-hybridized carbons (Fsp3) is 0.522. The van der Waals surface area contributed by atoms with Crippen LogP contribution in [0.4, 0.5) is 16.6 Å². The first-order valence-electron chi connectivity index (χ1n) is 10.7. The number of nitrogens with two attached hydrogens (primary N) is 1. The second-order valence-electron chi connectivity index (χ2n) is 9.02. The molecule has 0 spiro atoms. The van der Waals surface area contributed by atoms with E-state index in [1.54, 1.807) is 0 Å². The average molecular weight is 445 g/mol. The number of hydrogen-bond donors (Lipinski definition) is 2. The maximum Gasteiger partial charge on any atom is 0.315 e. The van der Waals surface area contributed by atoms with Crippen molar-refractivity contribution in [2.24, 2.45) is 5.73 Å². The van der Waals surface area contributed by atoms with Crippen molar-refractivity contribution in [1.82, 2.24) is 14.9 Å². The molecule has 0 aliphatic heterocycles. The van der Waals surface area contributed by atoms with E-state index in [0.29, 0.717) is 11.0 Å². The zero-order chi connectivity index (χ0) is 22.8. The van der Waals surface area contributed by atoms with E-state index in [1.807, 2.05) is 75.1 Å². The zero-order valence-corrected chi connectivity index (χ0v) is 19.8. The summed E-state index contributed by atoms with van der Waals surface area (Å²) in [5.41, 5.74) is 7.39. The summed E-state index contributed by atoms with van der Waals surface area (Å²) in [6.07, 6.45) is 5.41. The minimum Gasteiger partial charge on any atom is -0.362 e. The van der Waals surface area contributed by atoms with Gasteiger partial charge in [0.15, 0.2) is 0 Å². The molecule has 1 saturated carbocycles. The predicted molar refractivity (Wildman–Crippen MR) is 127 cm³/mol. The largest absolute Gasteiger partial charge is 0.362 e. The minimum atomic E-state index is -0.526. The predicted octanol–water partition coefficient (Wildman–Crippen LogP) is 4.54. The van der Waals surface area contributed by atoms with Crippen LogP contribution in [0.25, 0.3) is 0 Å². The lowest BCUT2D eigenvalue weighted by Crippen LogP contribution is -2.55. The molecule has 0 unspecified atom stereocenters. The van der Waals surface area contributed by atoms with Crippen LogP contribution in [0.1, 0.15) is 50.7 Å². The fourth-order valence-electron chi connectivity index (χ4n) is 4.52. The molecule has 1 aliphatic rings. The minimum absolute atomic E-state index is 0.0810. The Kier molecular flexibility index (Phi) is 6.94. The number of rotatable bonds is 6. The summed E-state index contributed by atoms with van der Waals surface area (Å²) in [6, 6.07) is 7.57. The topological polar surface area (TPSA) is 87.4 Å². The van der Waals surface area contributed by atoms with E-state index in [4.69, 9.17) is 17.3 Å². The van der Waals surface area contributed by atoms with E-state index < -0.39 is 11.6 Å². The molecule has 8 heteroatoms. The quantitative estimate of drug-likeness (QED) is 0.682. The molecule has 2 amide bonds. The molecule has 1 aromatic heterocycles. The molecule has 1 heterocycles. The van der Waals surface area contributed by atoms with Gasteiger partial charge in [0, 0.05) is 43.0 Å². The third kappa shape index (κ3) is 5.21. The van der Waals surface area contributed by atoms with Gasteiger partial charge in [-0.25, -0.2) is 9.78 Å². The van der Waals surface area contributed by atoms with Gasteiger partial charge in [-0.05, 0) is 64.2 Å². The van der Waals surface area contributed by atoms with Gasteiger partial charge in [0.05, 0.1) is 5.54 Å². The monoisotopic (exact) mass is 444 g/mol. The molecule has 1 aromatic carbocycles. The van der Waals surface area contributed by atoms with Gasteiger partial charge in [-0.1, -0.05) is 23.7 Å². The molecular weight excluding hydrogens is 412 g/mol. The van der Waals surface area contributed by atoms with Crippen LogP contribution in [0.15, 0.2) is 30.5 Å². The van der Waals surface area contributed by atoms with Crippen LogP contribution >= 0.6 is 11.6 Å². The van der Waals surface area contributed by atoms with Crippen LogP contribution in [0.2, 0.25) is 5.02 Å². The Morgan fingerprint density at radius 2 is 1.77 bits per heavy atom. The summed E-state index contributed by atoms with van der Waals surface area (Å²) in [5, 5.41) is 4.14. The average Bonchev–Trinajstić information content (AvgIpc) is 2.70. The highest BCUT2D eigenvalue weighted by atomic mass is 35.5. The van der Waals surface area contributed by atoms with E-state index in [0.717, 1.165) is 42.6 Å². The summed E-state index contributed by atoms with van der Waals surface area (Å²) in [7, 11) is 3.95. The maximum atomic E-state index is 12.5. The highest BCUT2D eigenvalue weighted by Crippen LogP contribution is 2.35. The third-order valence-corrected chi connectivity index (χ3v) is 6.41. The summed E-state index contributed by atoms with van der Waals surface area (Å²) in [6.45, 7) is 6.08. The number of aryl methyl sites for hydroxylation is 1. The molecular formula is C23H33ClN6O. The summed E-state index contributed by atoms with van der Waals surface area (Å²) >= 11 is 6.05. The maximum absolute atomic E-state index is 12.5. The Labute approximate surface area is 190 Å². The number of urea groups is 1. The standard InChI is InChI=1S/C23H33ClN6O/c1-15-14-26-22(28-20(15)29(4)5)27-18-10-12-19(13-11-18)30(21(25)31)23(2,3)16-6-8-17(24)9-7-16/h6-9,14,18-19H,10-13H2,1-5H3,(H2,25,31)(H,26,27,28). The zero-order valence-electron chi connectivity index (χ0n) is 19.0. The lowest BCUT2D eigenvalue weighted by molar-refractivity contribution is 0.0826. The second kappa shape index (κ2) is 9.30. The first-order chi connectivity index (χ1) is 14.6. The number of hydrogen-bond acceptors (Lipinski definition) is 5.